The lowest BCUT2D eigenvalue weighted by atomic mass is 10.1. The Bertz CT molecular complexity index is 1020. The molecule has 0 bridgehead atoms. The highest BCUT2D eigenvalue weighted by Gasteiger charge is 2.12. The van der Waals surface area contributed by atoms with E-state index < -0.39 is 0 Å². The van der Waals surface area contributed by atoms with Crippen molar-refractivity contribution < 1.29 is 4.42 Å². The molecule has 4 nitrogen and oxygen atoms in total. The third kappa shape index (κ3) is 4.16. The highest BCUT2D eigenvalue weighted by Crippen LogP contribution is 2.27. The van der Waals surface area contributed by atoms with Gasteiger partial charge < -0.3 is 14.2 Å². The highest BCUT2D eigenvalue weighted by molar-refractivity contribution is 5.92. The Morgan fingerprint density at radius 2 is 1.07 bits per heavy atom. The average molecular weight is 386 g/mol. The van der Waals surface area contributed by atoms with E-state index in [4.69, 9.17) is 4.42 Å². The van der Waals surface area contributed by atoms with Crippen LogP contribution < -0.4 is 15.2 Å². The van der Waals surface area contributed by atoms with Gasteiger partial charge in [0.2, 0.25) is 5.43 Å². The first-order chi connectivity index (χ1) is 14.1. The number of benzene rings is 2. The van der Waals surface area contributed by atoms with Crippen molar-refractivity contribution >= 4 is 33.3 Å². The van der Waals surface area contributed by atoms with Gasteiger partial charge in [0.1, 0.15) is 11.2 Å². The molecule has 0 unspecified atom stereocenters. The molecule has 2 aromatic carbocycles. The zero-order chi connectivity index (χ0) is 20.8. The fourth-order valence-electron chi connectivity index (χ4n) is 3.42. The van der Waals surface area contributed by atoms with E-state index in [-0.39, 0.29) is 5.43 Å². The molecule has 0 aliphatic carbocycles. The molecule has 0 amide bonds. The van der Waals surface area contributed by atoms with Crippen molar-refractivity contribution in [3.8, 4) is 0 Å². The molecule has 0 atom stereocenters. The summed E-state index contributed by atoms with van der Waals surface area (Å²) < 4.78 is 6.16. The van der Waals surface area contributed by atoms with Crippen molar-refractivity contribution in [2.45, 2.75) is 0 Å². The molecule has 0 saturated carbocycles. The third-order valence-electron chi connectivity index (χ3n) is 4.77. The van der Waals surface area contributed by atoms with Crippen LogP contribution in [0, 0.1) is 0 Å². The number of hydrogen-bond acceptors (Lipinski definition) is 4. The van der Waals surface area contributed by atoms with Gasteiger partial charge in [0.15, 0.2) is 0 Å². The maximum Gasteiger partial charge on any atom is 0.200 e. The third-order valence-corrected chi connectivity index (χ3v) is 4.77. The normalized spacial score (nSPS) is 10.6. The van der Waals surface area contributed by atoms with Gasteiger partial charge in [-0.05, 0) is 24.3 Å². The van der Waals surface area contributed by atoms with E-state index in [0.29, 0.717) is 48.1 Å². The summed E-state index contributed by atoms with van der Waals surface area (Å²) >= 11 is 0. The van der Waals surface area contributed by atoms with Crippen molar-refractivity contribution in [1.82, 2.24) is 0 Å². The summed E-state index contributed by atoms with van der Waals surface area (Å²) in [7, 11) is 0. The molecule has 0 fully saturated rings. The van der Waals surface area contributed by atoms with Crippen LogP contribution in [-0.4, -0.2) is 26.2 Å². The van der Waals surface area contributed by atoms with Crippen LogP contribution in [-0.2, 0) is 0 Å². The van der Waals surface area contributed by atoms with Crippen LogP contribution in [0.4, 0.5) is 11.4 Å². The molecule has 0 aliphatic heterocycles. The minimum absolute atomic E-state index is 0.0302. The zero-order valence-electron chi connectivity index (χ0n) is 16.6. The summed E-state index contributed by atoms with van der Waals surface area (Å²) in [5.41, 5.74) is 3.01. The molecule has 29 heavy (non-hydrogen) atoms. The molecular formula is C25H26N2O2. The standard InChI is InChI=1S/C25H26N2O2/c1-5-13-26(14-6-2)19-9-11-21-23(17-19)29-24-18-20(10-12-22(24)25(21)28)27(15-7-3)16-8-4/h5-12,17-18H,1-4,13-16H2. The van der Waals surface area contributed by atoms with E-state index in [0.717, 1.165) is 11.4 Å². The minimum atomic E-state index is -0.0302. The topological polar surface area (TPSA) is 36.7 Å². The smallest absolute Gasteiger partial charge is 0.200 e. The van der Waals surface area contributed by atoms with Gasteiger partial charge in [0.25, 0.3) is 0 Å². The first kappa shape index (κ1) is 20.2. The van der Waals surface area contributed by atoms with Gasteiger partial charge in [-0.1, -0.05) is 24.3 Å². The molecule has 0 N–H and O–H groups in total. The second-order valence-electron chi connectivity index (χ2n) is 6.76. The highest BCUT2D eigenvalue weighted by atomic mass is 16.3. The predicted octanol–water partition coefficient (Wildman–Crippen LogP) is 5.30. The summed E-state index contributed by atoms with van der Waals surface area (Å²) in [4.78, 5) is 17.2. The second-order valence-corrected chi connectivity index (χ2v) is 6.76. The van der Waals surface area contributed by atoms with E-state index in [1.165, 1.54) is 0 Å². The Hall–Kier alpha value is -3.53. The lowest BCUT2D eigenvalue weighted by Crippen LogP contribution is -2.23. The van der Waals surface area contributed by atoms with E-state index in [1.807, 2.05) is 60.7 Å². The molecular weight excluding hydrogens is 360 g/mol. The first-order valence-electron chi connectivity index (χ1n) is 9.57. The Morgan fingerprint density at radius 1 is 0.690 bits per heavy atom. The number of fused-ring (bicyclic) bond motifs is 2. The Balaban J connectivity index is 2.14. The fourth-order valence-corrected chi connectivity index (χ4v) is 3.42. The van der Waals surface area contributed by atoms with Gasteiger partial charge in [-0.25, -0.2) is 0 Å². The molecule has 148 valence electrons. The van der Waals surface area contributed by atoms with Crippen LogP contribution in [0.3, 0.4) is 0 Å². The maximum atomic E-state index is 13.0. The van der Waals surface area contributed by atoms with Gasteiger partial charge in [0.05, 0.1) is 10.8 Å². The van der Waals surface area contributed by atoms with Crippen molar-refractivity contribution in [3.63, 3.8) is 0 Å². The molecule has 0 radical (unpaired) electrons. The summed E-state index contributed by atoms with van der Waals surface area (Å²) in [6, 6.07) is 11.3. The van der Waals surface area contributed by atoms with Crippen LogP contribution in [0.1, 0.15) is 0 Å². The lowest BCUT2D eigenvalue weighted by molar-refractivity contribution is 0.659. The number of anilines is 2. The van der Waals surface area contributed by atoms with Crippen LogP contribution in [0.25, 0.3) is 21.9 Å². The molecule has 4 heteroatoms. The van der Waals surface area contributed by atoms with Crippen LogP contribution in [0.2, 0.25) is 0 Å². The monoisotopic (exact) mass is 386 g/mol. The zero-order valence-corrected chi connectivity index (χ0v) is 16.6. The van der Waals surface area contributed by atoms with Crippen molar-refractivity contribution in [3.05, 3.63) is 97.2 Å². The number of hydrogen-bond donors (Lipinski definition) is 0. The molecule has 0 aliphatic rings. The van der Waals surface area contributed by atoms with Gasteiger partial charge in [-0.15, -0.1) is 26.3 Å². The van der Waals surface area contributed by atoms with Crippen molar-refractivity contribution in [1.29, 1.82) is 0 Å². The molecule has 1 aromatic heterocycles. The van der Waals surface area contributed by atoms with Gasteiger partial charge in [-0.3, -0.25) is 4.79 Å². The summed E-state index contributed by atoms with van der Waals surface area (Å²) in [6.45, 7) is 18.0. The lowest BCUT2D eigenvalue weighted by Gasteiger charge is -2.22. The first-order valence-corrected chi connectivity index (χ1v) is 9.57. The largest absolute Gasteiger partial charge is 0.456 e. The summed E-state index contributed by atoms with van der Waals surface area (Å²) in [5, 5.41) is 1.14. The van der Waals surface area contributed by atoms with Crippen molar-refractivity contribution in [2.75, 3.05) is 36.0 Å². The molecule has 1 heterocycles. The average Bonchev–Trinajstić information content (AvgIpc) is 2.73. The molecule has 3 aromatic rings. The maximum absolute atomic E-state index is 13.0. The van der Waals surface area contributed by atoms with Gasteiger partial charge in [-0.2, -0.15) is 0 Å². The van der Waals surface area contributed by atoms with E-state index in [9.17, 15) is 4.79 Å². The minimum Gasteiger partial charge on any atom is -0.456 e. The predicted molar refractivity (Wildman–Crippen MR) is 125 cm³/mol. The van der Waals surface area contributed by atoms with Gasteiger partial charge in [0, 0.05) is 49.7 Å². The SMILES string of the molecule is C=CCN(CC=C)c1ccc2c(=O)c3ccc(N(CC=C)CC=C)cc3oc2c1. The Kier molecular flexibility index (Phi) is 6.35. The molecule has 0 saturated heterocycles. The second kappa shape index (κ2) is 9.11. The van der Waals surface area contributed by atoms with Crippen LogP contribution in [0.15, 0.2) is 96.2 Å². The van der Waals surface area contributed by atoms with E-state index in [2.05, 4.69) is 36.1 Å². The van der Waals surface area contributed by atoms with Crippen molar-refractivity contribution in [2.24, 2.45) is 0 Å². The van der Waals surface area contributed by atoms with Crippen LogP contribution >= 0.6 is 0 Å². The van der Waals surface area contributed by atoms with Crippen LogP contribution in [0.5, 0.6) is 0 Å². The summed E-state index contributed by atoms with van der Waals surface area (Å²) in [5.74, 6) is 0. The fraction of sp³-hybridized carbons (Fsp3) is 0.160. The van der Waals surface area contributed by atoms with E-state index in [1.54, 1.807) is 0 Å². The molecule has 0 spiro atoms. The van der Waals surface area contributed by atoms with Gasteiger partial charge >= 0.3 is 0 Å². The summed E-state index contributed by atoms with van der Waals surface area (Å²) in [6.07, 6.45) is 7.35. The number of rotatable bonds is 10. The Labute approximate surface area is 171 Å². The quantitative estimate of drug-likeness (QED) is 0.350. The van der Waals surface area contributed by atoms with E-state index >= 15 is 0 Å². The Morgan fingerprint density at radius 3 is 1.41 bits per heavy atom. The number of nitrogens with zero attached hydrogens (tertiary/aromatic N) is 2. The molecule has 3 rings (SSSR count).